The molecule has 0 amide bonds. The maximum Gasteiger partial charge on any atom is 0.0540 e. The number of unbranched alkanes of at least 4 members (excludes halogenated alkanes) is 2. The molecule has 0 saturated carbocycles. The Morgan fingerprint density at radius 1 is 1.44 bits per heavy atom. The number of fused-ring (bicyclic) bond motifs is 1. The van der Waals surface area contributed by atoms with Crippen LogP contribution in [0.4, 0.5) is 0 Å². The number of nitrogens with one attached hydrogen (secondary N) is 1. The number of methoxy groups -OCH3 is 1. The van der Waals surface area contributed by atoms with Crippen molar-refractivity contribution in [3.8, 4) is 0 Å². The second-order valence-electron chi connectivity index (χ2n) is 5.12. The van der Waals surface area contributed by atoms with Gasteiger partial charge in [-0.25, -0.2) is 0 Å². The average Bonchev–Trinajstić information content (AvgIpc) is 2.77. The molecule has 102 valence electrons. The molecule has 18 heavy (non-hydrogen) atoms. The highest BCUT2D eigenvalue weighted by atomic mass is 16.5. The molecular weight excluding hydrogens is 226 g/mol. The molecule has 4 nitrogen and oxygen atoms in total. The van der Waals surface area contributed by atoms with Crippen LogP contribution < -0.4 is 5.32 Å². The lowest BCUT2D eigenvalue weighted by molar-refractivity contribution is 0.192. The van der Waals surface area contributed by atoms with E-state index < -0.39 is 0 Å². The standard InChI is InChI=1S/C14H25N3O/c1-17-14-8-6-7-13(12(14)11-16-17)15-9-4-3-5-10-18-2/h11,13,15H,3-10H2,1-2H3. The fourth-order valence-electron chi connectivity index (χ4n) is 2.74. The van der Waals surface area contributed by atoms with Gasteiger partial charge in [0.2, 0.25) is 0 Å². The maximum atomic E-state index is 5.06. The zero-order valence-corrected chi connectivity index (χ0v) is 11.6. The van der Waals surface area contributed by atoms with Crippen LogP contribution in [0, 0.1) is 0 Å². The highest BCUT2D eigenvalue weighted by Crippen LogP contribution is 2.28. The molecule has 2 rings (SSSR count). The van der Waals surface area contributed by atoms with Crippen LogP contribution in [0.2, 0.25) is 0 Å². The van der Waals surface area contributed by atoms with Gasteiger partial charge in [-0.15, -0.1) is 0 Å². The van der Waals surface area contributed by atoms with Gasteiger partial charge in [0.05, 0.1) is 6.20 Å². The van der Waals surface area contributed by atoms with E-state index in [2.05, 4.69) is 10.4 Å². The number of rotatable bonds is 7. The minimum atomic E-state index is 0.518. The third-order valence-electron chi connectivity index (χ3n) is 3.79. The molecule has 1 atom stereocenters. The first-order valence-electron chi connectivity index (χ1n) is 7.06. The van der Waals surface area contributed by atoms with E-state index >= 15 is 0 Å². The van der Waals surface area contributed by atoms with E-state index in [1.807, 2.05) is 17.9 Å². The van der Waals surface area contributed by atoms with E-state index in [0.29, 0.717) is 6.04 Å². The number of ether oxygens (including phenoxy) is 1. The summed E-state index contributed by atoms with van der Waals surface area (Å²) in [6, 6.07) is 0.518. The van der Waals surface area contributed by atoms with Crippen molar-refractivity contribution in [3.05, 3.63) is 17.5 Å². The van der Waals surface area contributed by atoms with E-state index in [1.165, 1.54) is 49.8 Å². The molecule has 0 aromatic carbocycles. The molecule has 1 aliphatic rings. The predicted octanol–water partition coefficient (Wildman–Crippen LogP) is 2.20. The molecule has 0 fully saturated rings. The molecule has 1 aromatic heterocycles. The van der Waals surface area contributed by atoms with Crippen molar-refractivity contribution in [2.24, 2.45) is 7.05 Å². The van der Waals surface area contributed by atoms with Gasteiger partial charge in [0.15, 0.2) is 0 Å². The van der Waals surface area contributed by atoms with Gasteiger partial charge in [-0.2, -0.15) is 5.10 Å². The Hall–Kier alpha value is -0.870. The summed E-state index contributed by atoms with van der Waals surface area (Å²) in [6.45, 7) is 1.99. The second kappa shape index (κ2) is 6.90. The first-order chi connectivity index (χ1) is 8.83. The summed E-state index contributed by atoms with van der Waals surface area (Å²) in [5.74, 6) is 0. The van der Waals surface area contributed by atoms with E-state index in [-0.39, 0.29) is 0 Å². The second-order valence-corrected chi connectivity index (χ2v) is 5.12. The Labute approximate surface area is 110 Å². The predicted molar refractivity (Wildman–Crippen MR) is 72.6 cm³/mol. The van der Waals surface area contributed by atoms with E-state index in [0.717, 1.165) is 13.2 Å². The summed E-state index contributed by atoms with van der Waals surface area (Å²) in [7, 11) is 3.82. The number of hydrogen-bond acceptors (Lipinski definition) is 3. The van der Waals surface area contributed by atoms with Gasteiger partial charge in [-0.05, 0) is 45.1 Å². The molecule has 0 bridgehead atoms. The van der Waals surface area contributed by atoms with Crippen molar-refractivity contribution < 1.29 is 4.74 Å². The Morgan fingerprint density at radius 2 is 2.33 bits per heavy atom. The highest BCUT2D eigenvalue weighted by Gasteiger charge is 2.22. The summed E-state index contributed by atoms with van der Waals surface area (Å²) in [4.78, 5) is 0. The van der Waals surface area contributed by atoms with Crippen molar-refractivity contribution in [2.45, 2.75) is 44.6 Å². The van der Waals surface area contributed by atoms with Crippen molar-refractivity contribution in [3.63, 3.8) is 0 Å². The van der Waals surface area contributed by atoms with Crippen LogP contribution in [0.25, 0.3) is 0 Å². The molecule has 1 aliphatic carbocycles. The van der Waals surface area contributed by atoms with Crippen LogP contribution in [-0.2, 0) is 18.2 Å². The van der Waals surface area contributed by atoms with Gasteiger partial charge >= 0.3 is 0 Å². The molecule has 0 radical (unpaired) electrons. The third-order valence-corrected chi connectivity index (χ3v) is 3.79. The van der Waals surface area contributed by atoms with E-state index in [4.69, 9.17) is 4.74 Å². The quantitative estimate of drug-likeness (QED) is 0.755. The highest BCUT2D eigenvalue weighted by molar-refractivity contribution is 5.24. The molecule has 1 aromatic rings. The largest absolute Gasteiger partial charge is 0.385 e. The lowest BCUT2D eigenvalue weighted by Crippen LogP contribution is -2.26. The summed E-state index contributed by atoms with van der Waals surface area (Å²) in [5, 5.41) is 8.05. The monoisotopic (exact) mass is 251 g/mol. The number of aryl methyl sites for hydroxylation is 1. The van der Waals surface area contributed by atoms with Gasteiger partial charge in [-0.1, -0.05) is 0 Å². The summed E-state index contributed by atoms with van der Waals surface area (Å²) >= 11 is 0. The molecular formula is C14H25N3O. The van der Waals surface area contributed by atoms with Gasteiger partial charge in [0, 0.05) is 38.1 Å². The van der Waals surface area contributed by atoms with Crippen molar-refractivity contribution in [1.82, 2.24) is 15.1 Å². The minimum Gasteiger partial charge on any atom is -0.385 e. The first kappa shape index (κ1) is 13.6. The van der Waals surface area contributed by atoms with Gasteiger partial charge < -0.3 is 10.1 Å². The minimum absolute atomic E-state index is 0.518. The topological polar surface area (TPSA) is 39.1 Å². The zero-order chi connectivity index (χ0) is 12.8. The SMILES string of the molecule is COCCCCCNC1CCCc2c1cnn2C. The van der Waals surface area contributed by atoms with Gasteiger partial charge in [0.1, 0.15) is 0 Å². The van der Waals surface area contributed by atoms with Crippen LogP contribution in [0.3, 0.4) is 0 Å². The molecule has 1 heterocycles. The lowest BCUT2D eigenvalue weighted by atomic mass is 9.93. The zero-order valence-electron chi connectivity index (χ0n) is 11.6. The Morgan fingerprint density at radius 3 is 3.17 bits per heavy atom. The van der Waals surface area contributed by atoms with Crippen LogP contribution in [0.5, 0.6) is 0 Å². The molecule has 0 spiro atoms. The number of aromatic nitrogens is 2. The molecule has 4 heteroatoms. The normalized spacial score (nSPS) is 18.9. The van der Waals surface area contributed by atoms with Crippen molar-refractivity contribution >= 4 is 0 Å². The van der Waals surface area contributed by atoms with E-state index in [1.54, 1.807) is 7.11 Å². The summed E-state index contributed by atoms with van der Waals surface area (Å²) in [5.41, 5.74) is 2.83. The molecule has 1 unspecified atom stereocenters. The summed E-state index contributed by atoms with van der Waals surface area (Å²) in [6.07, 6.45) is 9.38. The van der Waals surface area contributed by atoms with E-state index in [9.17, 15) is 0 Å². The lowest BCUT2D eigenvalue weighted by Gasteiger charge is -2.23. The van der Waals surface area contributed by atoms with Gasteiger partial charge in [-0.3, -0.25) is 4.68 Å². The van der Waals surface area contributed by atoms with Crippen LogP contribution in [0.1, 0.15) is 49.4 Å². The van der Waals surface area contributed by atoms with Gasteiger partial charge in [0.25, 0.3) is 0 Å². The first-order valence-corrected chi connectivity index (χ1v) is 7.06. The third kappa shape index (κ3) is 3.33. The Balaban J connectivity index is 1.74. The van der Waals surface area contributed by atoms with Crippen LogP contribution in [-0.4, -0.2) is 30.0 Å². The Bertz CT molecular complexity index is 362. The smallest absolute Gasteiger partial charge is 0.0540 e. The molecule has 1 N–H and O–H groups in total. The average molecular weight is 251 g/mol. The van der Waals surface area contributed by atoms with Crippen LogP contribution in [0.15, 0.2) is 6.20 Å². The molecule has 0 aliphatic heterocycles. The maximum absolute atomic E-state index is 5.06. The molecule has 0 saturated heterocycles. The summed E-state index contributed by atoms with van der Waals surface area (Å²) < 4.78 is 7.09. The fraction of sp³-hybridized carbons (Fsp3) is 0.786. The fourth-order valence-corrected chi connectivity index (χ4v) is 2.74. The number of nitrogens with zero attached hydrogens (tertiary/aromatic N) is 2. The van der Waals surface area contributed by atoms with Crippen molar-refractivity contribution in [2.75, 3.05) is 20.3 Å². The Kier molecular flexibility index (Phi) is 5.20. The van der Waals surface area contributed by atoms with Crippen molar-refractivity contribution in [1.29, 1.82) is 0 Å². The van der Waals surface area contributed by atoms with Crippen LogP contribution >= 0.6 is 0 Å². The number of hydrogen-bond donors (Lipinski definition) is 1.